The van der Waals surface area contributed by atoms with Gasteiger partial charge in [-0.1, -0.05) is 6.42 Å². The first-order valence-corrected chi connectivity index (χ1v) is 6.98. The van der Waals surface area contributed by atoms with Crippen LogP contribution in [0.2, 0.25) is 0 Å². The molecular formula is C13H24N2O3. The van der Waals surface area contributed by atoms with Gasteiger partial charge in [0.25, 0.3) is 0 Å². The molecule has 0 aromatic heterocycles. The molecule has 3 N–H and O–H groups in total. The molecule has 104 valence electrons. The first-order valence-electron chi connectivity index (χ1n) is 6.98. The molecule has 5 nitrogen and oxygen atoms in total. The van der Waals surface area contributed by atoms with Gasteiger partial charge in [-0.3, -0.25) is 4.79 Å². The lowest BCUT2D eigenvalue weighted by Gasteiger charge is -2.24. The van der Waals surface area contributed by atoms with Gasteiger partial charge in [-0.25, -0.2) is 0 Å². The van der Waals surface area contributed by atoms with E-state index in [0.717, 1.165) is 26.0 Å². The second kappa shape index (κ2) is 7.07. The first kappa shape index (κ1) is 13.8. The summed E-state index contributed by atoms with van der Waals surface area (Å²) >= 11 is 0. The maximum Gasteiger partial charge on any atom is 0.221 e. The summed E-state index contributed by atoms with van der Waals surface area (Å²) in [7, 11) is 0. The Labute approximate surface area is 108 Å². The van der Waals surface area contributed by atoms with Gasteiger partial charge in [0.2, 0.25) is 5.91 Å². The lowest BCUT2D eigenvalue weighted by Crippen LogP contribution is -2.44. The zero-order chi connectivity index (χ0) is 12.8. The van der Waals surface area contributed by atoms with Gasteiger partial charge in [0.1, 0.15) is 0 Å². The number of hydrogen-bond donors (Lipinski definition) is 3. The summed E-state index contributed by atoms with van der Waals surface area (Å²) in [6.07, 6.45) is 3.87. The second-order valence-corrected chi connectivity index (χ2v) is 5.37. The standard InChI is InChI=1S/C13H24N2O3/c16-8-11-3-1-2-10(11)7-15-13(17)6-12-9-18-5-4-14-12/h10-12,14,16H,1-9H2,(H,15,17). The number of hydrogen-bond acceptors (Lipinski definition) is 4. The van der Waals surface area contributed by atoms with Crippen molar-refractivity contribution in [1.29, 1.82) is 0 Å². The van der Waals surface area contributed by atoms with Crippen LogP contribution in [0.25, 0.3) is 0 Å². The smallest absolute Gasteiger partial charge is 0.221 e. The fraction of sp³-hybridized carbons (Fsp3) is 0.923. The van der Waals surface area contributed by atoms with Gasteiger partial charge >= 0.3 is 0 Å². The highest BCUT2D eigenvalue weighted by atomic mass is 16.5. The average molecular weight is 256 g/mol. The third kappa shape index (κ3) is 3.93. The van der Waals surface area contributed by atoms with E-state index < -0.39 is 0 Å². The average Bonchev–Trinajstić information content (AvgIpc) is 2.85. The molecule has 1 aliphatic heterocycles. The Bertz CT molecular complexity index is 267. The molecule has 0 radical (unpaired) electrons. The van der Waals surface area contributed by atoms with Crippen LogP contribution in [0.3, 0.4) is 0 Å². The minimum Gasteiger partial charge on any atom is -0.396 e. The summed E-state index contributed by atoms with van der Waals surface area (Å²) < 4.78 is 5.32. The Morgan fingerprint density at radius 2 is 2.22 bits per heavy atom. The van der Waals surface area contributed by atoms with Gasteiger partial charge in [0, 0.05) is 32.2 Å². The Morgan fingerprint density at radius 1 is 1.39 bits per heavy atom. The van der Waals surface area contributed by atoms with Crippen molar-refractivity contribution in [2.24, 2.45) is 11.8 Å². The number of morpholine rings is 1. The largest absolute Gasteiger partial charge is 0.396 e. The molecule has 1 aliphatic carbocycles. The molecule has 18 heavy (non-hydrogen) atoms. The van der Waals surface area contributed by atoms with Crippen LogP contribution in [0, 0.1) is 11.8 Å². The number of aliphatic hydroxyl groups is 1. The van der Waals surface area contributed by atoms with Crippen molar-refractivity contribution < 1.29 is 14.6 Å². The van der Waals surface area contributed by atoms with Crippen LogP contribution in [0.1, 0.15) is 25.7 Å². The van der Waals surface area contributed by atoms with E-state index in [1.807, 2.05) is 0 Å². The fourth-order valence-corrected chi connectivity index (χ4v) is 2.91. The second-order valence-electron chi connectivity index (χ2n) is 5.37. The Kier molecular flexibility index (Phi) is 5.41. The predicted octanol–water partition coefficient (Wildman–Crippen LogP) is -0.110. The molecule has 0 bridgehead atoms. The zero-order valence-corrected chi connectivity index (χ0v) is 10.9. The summed E-state index contributed by atoms with van der Waals surface area (Å²) in [4.78, 5) is 11.8. The van der Waals surface area contributed by atoms with E-state index in [1.54, 1.807) is 0 Å². The minimum absolute atomic E-state index is 0.0848. The molecule has 5 heteroatoms. The number of carbonyl (C=O) groups excluding carboxylic acids is 1. The maximum atomic E-state index is 11.8. The highest BCUT2D eigenvalue weighted by Crippen LogP contribution is 2.30. The van der Waals surface area contributed by atoms with Crippen molar-refractivity contribution in [2.75, 3.05) is 32.9 Å². The van der Waals surface area contributed by atoms with Gasteiger partial charge < -0.3 is 20.5 Å². The van der Waals surface area contributed by atoms with Crippen LogP contribution in [0.15, 0.2) is 0 Å². The van der Waals surface area contributed by atoms with Crippen LogP contribution in [0.4, 0.5) is 0 Å². The molecule has 1 heterocycles. The van der Waals surface area contributed by atoms with E-state index >= 15 is 0 Å². The van der Waals surface area contributed by atoms with Crippen LogP contribution in [0.5, 0.6) is 0 Å². The molecule has 2 aliphatic rings. The maximum absolute atomic E-state index is 11.8. The topological polar surface area (TPSA) is 70.6 Å². The van der Waals surface area contributed by atoms with Crippen molar-refractivity contribution in [1.82, 2.24) is 10.6 Å². The van der Waals surface area contributed by atoms with Crippen LogP contribution < -0.4 is 10.6 Å². The van der Waals surface area contributed by atoms with E-state index in [4.69, 9.17) is 4.74 Å². The number of nitrogens with one attached hydrogen (secondary N) is 2. The minimum atomic E-state index is 0.0848. The van der Waals surface area contributed by atoms with E-state index in [2.05, 4.69) is 10.6 Å². The molecule has 1 saturated heterocycles. The van der Waals surface area contributed by atoms with Crippen molar-refractivity contribution in [3.63, 3.8) is 0 Å². The molecule has 2 fully saturated rings. The van der Waals surface area contributed by atoms with Gasteiger partial charge in [0.05, 0.1) is 13.2 Å². The van der Waals surface area contributed by atoms with Crippen LogP contribution >= 0.6 is 0 Å². The van der Waals surface area contributed by atoms with Gasteiger partial charge in [0.15, 0.2) is 0 Å². The first-order chi connectivity index (χ1) is 8.79. The van der Waals surface area contributed by atoms with E-state index in [1.165, 1.54) is 6.42 Å². The third-order valence-corrected chi connectivity index (χ3v) is 4.04. The predicted molar refractivity (Wildman–Crippen MR) is 68.2 cm³/mol. The van der Waals surface area contributed by atoms with Gasteiger partial charge in [-0.15, -0.1) is 0 Å². The Morgan fingerprint density at radius 3 is 2.94 bits per heavy atom. The Hall–Kier alpha value is -0.650. The Balaban J connectivity index is 1.64. The number of ether oxygens (including phenoxy) is 1. The monoisotopic (exact) mass is 256 g/mol. The fourth-order valence-electron chi connectivity index (χ4n) is 2.91. The number of carbonyl (C=O) groups is 1. The van der Waals surface area contributed by atoms with Crippen molar-refractivity contribution in [3.05, 3.63) is 0 Å². The van der Waals surface area contributed by atoms with Crippen molar-refractivity contribution >= 4 is 5.91 Å². The number of amides is 1. The van der Waals surface area contributed by atoms with Crippen molar-refractivity contribution in [3.8, 4) is 0 Å². The van der Waals surface area contributed by atoms with E-state index in [-0.39, 0.29) is 18.6 Å². The van der Waals surface area contributed by atoms with Gasteiger partial charge in [-0.05, 0) is 24.7 Å². The summed E-state index contributed by atoms with van der Waals surface area (Å²) in [6, 6.07) is 0.149. The third-order valence-electron chi connectivity index (χ3n) is 4.04. The lowest BCUT2D eigenvalue weighted by atomic mass is 9.97. The van der Waals surface area contributed by atoms with Crippen LogP contribution in [-0.2, 0) is 9.53 Å². The molecular weight excluding hydrogens is 232 g/mol. The molecule has 0 aromatic carbocycles. The molecule has 3 atom stereocenters. The summed E-state index contributed by atoms with van der Waals surface area (Å²) in [5.41, 5.74) is 0. The van der Waals surface area contributed by atoms with Gasteiger partial charge in [-0.2, -0.15) is 0 Å². The lowest BCUT2D eigenvalue weighted by molar-refractivity contribution is -0.122. The van der Waals surface area contributed by atoms with E-state index in [0.29, 0.717) is 31.4 Å². The summed E-state index contributed by atoms with van der Waals surface area (Å²) in [5.74, 6) is 0.914. The van der Waals surface area contributed by atoms with Crippen molar-refractivity contribution in [2.45, 2.75) is 31.7 Å². The molecule has 1 saturated carbocycles. The highest BCUT2D eigenvalue weighted by Gasteiger charge is 2.27. The van der Waals surface area contributed by atoms with E-state index in [9.17, 15) is 9.90 Å². The normalized spacial score (nSPS) is 32.4. The molecule has 0 aromatic rings. The van der Waals surface area contributed by atoms with Crippen LogP contribution in [-0.4, -0.2) is 50.0 Å². The quantitative estimate of drug-likeness (QED) is 0.642. The molecule has 2 rings (SSSR count). The number of aliphatic hydroxyl groups excluding tert-OH is 1. The summed E-state index contributed by atoms with van der Waals surface area (Å²) in [6.45, 7) is 3.14. The molecule has 3 unspecified atom stereocenters. The zero-order valence-electron chi connectivity index (χ0n) is 10.9. The molecule has 1 amide bonds. The summed E-state index contributed by atoms with van der Waals surface area (Å²) in [5, 5.41) is 15.5. The number of rotatable bonds is 5. The SMILES string of the molecule is O=C(CC1COCCN1)NCC1CCCC1CO. The highest BCUT2D eigenvalue weighted by molar-refractivity contribution is 5.76. The molecule has 0 spiro atoms.